The Balaban J connectivity index is 2.25. The first-order valence-corrected chi connectivity index (χ1v) is 6.95. The molecule has 1 N–H and O–H groups in total. The minimum Gasteiger partial charge on any atom is -0.444 e. The van der Waals surface area contributed by atoms with Crippen LogP contribution in [0.3, 0.4) is 0 Å². The van der Waals surface area contributed by atoms with Crippen molar-refractivity contribution >= 4 is 17.1 Å². The van der Waals surface area contributed by atoms with Crippen molar-refractivity contribution in [3.8, 4) is 0 Å². The maximum Gasteiger partial charge on any atom is 0.409 e. The van der Waals surface area contributed by atoms with Crippen molar-refractivity contribution in [2.75, 3.05) is 0 Å². The van der Waals surface area contributed by atoms with Crippen LogP contribution in [0.1, 0.15) is 37.9 Å². The maximum atomic E-state index is 11.8. The van der Waals surface area contributed by atoms with Crippen LogP contribution in [-0.2, 0) is 11.4 Å². The van der Waals surface area contributed by atoms with E-state index in [4.69, 9.17) is 4.74 Å². The fourth-order valence-electron chi connectivity index (χ4n) is 2.15. The predicted octanol–water partition coefficient (Wildman–Crippen LogP) is 2.84. The molecule has 0 aliphatic heterocycles. The molecule has 1 amide bonds. The number of nitrogens with one attached hydrogen (secondary N) is 1. The lowest BCUT2D eigenvalue weighted by molar-refractivity contribution is 0.0512. The van der Waals surface area contributed by atoms with Crippen LogP contribution in [0.2, 0.25) is 0 Å². The average molecular weight is 290 g/mol. The van der Waals surface area contributed by atoms with Crippen LogP contribution in [0.15, 0.2) is 6.20 Å². The number of hydrogen-bond acceptors (Lipinski definition) is 4. The summed E-state index contributed by atoms with van der Waals surface area (Å²) in [6, 6.07) is 0. The molecule has 0 aliphatic rings. The van der Waals surface area contributed by atoms with Crippen molar-refractivity contribution < 1.29 is 9.53 Å². The second-order valence-electron chi connectivity index (χ2n) is 6.13. The van der Waals surface area contributed by atoms with E-state index in [1.807, 2.05) is 46.1 Å². The van der Waals surface area contributed by atoms with Gasteiger partial charge in [-0.1, -0.05) is 0 Å². The molecule has 21 heavy (non-hydrogen) atoms. The zero-order valence-electron chi connectivity index (χ0n) is 13.4. The SMILES string of the molecule is Cc1ncc2nc(C)n(CNC(=O)OC(C)(C)C)c2c1C. The molecule has 0 radical (unpaired) electrons. The van der Waals surface area contributed by atoms with Gasteiger partial charge in [0.15, 0.2) is 0 Å². The van der Waals surface area contributed by atoms with E-state index < -0.39 is 11.7 Å². The number of rotatable bonds is 2. The summed E-state index contributed by atoms with van der Waals surface area (Å²) in [6.45, 7) is 11.7. The van der Waals surface area contributed by atoms with E-state index in [0.717, 1.165) is 28.1 Å². The van der Waals surface area contributed by atoms with Crippen LogP contribution >= 0.6 is 0 Å². The predicted molar refractivity (Wildman–Crippen MR) is 81.1 cm³/mol. The Morgan fingerprint density at radius 3 is 2.62 bits per heavy atom. The van der Waals surface area contributed by atoms with Crippen molar-refractivity contribution in [3.63, 3.8) is 0 Å². The number of pyridine rings is 1. The van der Waals surface area contributed by atoms with E-state index in [9.17, 15) is 4.79 Å². The number of nitrogens with zero attached hydrogens (tertiary/aromatic N) is 3. The summed E-state index contributed by atoms with van der Waals surface area (Å²) in [5, 5.41) is 2.76. The molecule has 0 fully saturated rings. The first-order valence-electron chi connectivity index (χ1n) is 6.95. The molecule has 2 aromatic heterocycles. The van der Waals surface area contributed by atoms with Crippen LogP contribution in [0.5, 0.6) is 0 Å². The van der Waals surface area contributed by atoms with Gasteiger partial charge in [-0.2, -0.15) is 0 Å². The van der Waals surface area contributed by atoms with Gasteiger partial charge in [-0.3, -0.25) is 4.98 Å². The third kappa shape index (κ3) is 3.32. The van der Waals surface area contributed by atoms with Crippen LogP contribution in [-0.4, -0.2) is 26.2 Å². The van der Waals surface area contributed by atoms with Gasteiger partial charge in [0, 0.05) is 5.69 Å². The van der Waals surface area contributed by atoms with Gasteiger partial charge in [0.1, 0.15) is 16.9 Å². The number of carbonyl (C=O) groups is 1. The average Bonchev–Trinajstić information content (AvgIpc) is 2.66. The number of aryl methyl sites for hydroxylation is 3. The third-order valence-electron chi connectivity index (χ3n) is 3.24. The number of hydrogen-bond donors (Lipinski definition) is 1. The Labute approximate surface area is 124 Å². The molecular formula is C15H22N4O2. The number of alkyl carbamates (subject to hydrolysis) is 1. The third-order valence-corrected chi connectivity index (χ3v) is 3.24. The summed E-state index contributed by atoms with van der Waals surface area (Å²) in [5.41, 5.74) is 3.35. The molecule has 0 aromatic carbocycles. The van der Waals surface area contributed by atoms with Crippen LogP contribution in [0, 0.1) is 20.8 Å². The number of amides is 1. The second-order valence-corrected chi connectivity index (χ2v) is 6.13. The highest BCUT2D eigenvalue weighted by Gasteiger charge is 2.17. The summed E-state index contributed by atoms with van der Waals surface area (Å²) in [7, 11) is 0. The second kappa shape index (κ2) is 5.35. The molecule has 2 rings (SSSR count). The smallest absolute Gasteiger partial charge is 0.409 e. The topological polar surface area (TPSA) is 69.0 Å². The van der Waals surface area contributed by atoms with Gasteiger partial charge < -0.3 is 14.6 Å². The fourth-order valence-corrected chi connectivity index (χ4v) is 2.15. The molecule has 0 saturated carbocycles. The highest BCUT2D eigenvalue weighted by molar-refractivity contribution is 5.79. The van der Waals surface area contributed by atoms with E-state index in [2.05, 4.69) is 15.3 Å². The minimum atomic E-state index is -0.507. The molecule has 0 spiro atoms. The minimum absolute atomic E-state index is 0.321. The van der Waals surface area contributed by atoms with Gasteiger partial charge >= 0.3 is 6.09 Å². The van der Waals surface area contributed by atoms with E-state index >= 15 is 0 Å². The highest BCUT2D eigenvalue weighted by atomic mass is 16.6. The lowest BCUT2D eigenvalue weighted by atomic mass is 10.2. The summed E-state index contributed by atoms with van der Waals surface area (Å²) in [6.07, 6.45) is 1.32. The summed E-state index contributed by atoms with van der Waals surface area (Å²) >= 11 is 0. The van der Waals surface area contributed by atoms with Crippen LogP contribution in [0.25, 0.3) is 11.0 Å². The quantitative estimate of drug-likeness (QED) is 0.923. The summed E-state index contributed by atoms with van der Waals surface area (Å²) in [4.78, 5) is 20.6. The highest BCUT2D eigenvalue weighted by Crippen LogP contribution is 2.20. The molecule has 114 valence electrons. The largest absolute Gasteiger partial charge is 0.444 e. The number of fused-ring (bicyclic) bond motifs is 1. The molecule has 2 aromatic rings. The van der Waals surface area contributed by atoms with Gasteiger partial charge in [0.2, 0.25) is 0 Å². The molecular weight excluding hydrogens is 268 g/mol. The molecule has 0 saturated heterocycles. The molecule has 2 heterocycles. The fraction of sp³-hybridized carbons (Fsp3) is 0.533. The number of aromatic nitrogens is 3. The molecule has 0 aliphatic carbocycles. The van der Waals surface area contributed by atoms with Crippen molar-refractivity contribution in [1.29, 1.82) is 0 Å². The van der Waals surface area contributed by atoms with Gasteiger partial charge in [-0.05, 0) is 47.1 Å². The van der Waals surface area contributed by atoms with E-state index in [0.29, 0.717) is 6.67 Å². The Morgan fingerprint density at radius 1 is 1.33 bits per heavy atom. The van der Waals surface area contributed by atoms with Crippen molar-refractivity contribution in [2.24, 2.45) is 0 Å². The van der Waals surface area contributed by atoms with Gasteiger partial charge in [0.05, 0.1) is 18.4 Å². The summed E-state index contributed by atoms with van der Waals surface area (Å²) in [5.74, 6) is 0.830. The summed E-state index contributed by atoms with van der Waals surface area (Å²) < 4.78 is 7.21. The zero-order valence-corrected chi connectivity index (χ0v) is 13.4. The standard InChI is InChI=1S/C15H22N4O2/c1-9-10(2)16-7-12-13(9)19(11(3)18-12)8-17-14(20)21-15(4,5)6/h7H,8H2,1-6H3,(H,17,20). The van der Waals surface area contributed by atoms with E-state index in [1.165, 1.54) is 0 Å². The van der Waals surface area contributed by atoms with Crippen molar-refractivity contribution in [2.45, 2.75) is 53.8 Å². The first kappa shape index (κ1) is 15.3. The number of imidazole rings is 1. The van der Waals surface area contributed by atoms with Crippen molar-refractivity contribution in [1.82, 2.24) is 19.9 Å². The lowest BCUT2D eigenvalue weighted by Crippen LogP contribution is -2.33. The zero-order chi connectivity index (χ0) is 15.8. The first-order chi connectivity index (χ1) is 9.69. The molecule has 0 atom stereocenters. The number of carbonyl (C=O) groups excluding carboxylic acids is 1. The van der Waals surface area contributed by atoms with Gasteiger partial charge in [-0.25, -0.2) is 9.78 Å². The molecule has 6 nitrogen and oxygen atoms in total. The lowest BCUT2D eigenvalue weighted by Gasteiger charge is -2.20. The molecule has 0 unspecified atom stereocenters. The van der Waals surface area contributed by atoms with Gasteiger partial charge in [-0.15, -0.1) is 0 Å². The normalized spacial score (nSPS) is 11.7. The van der Waals surface area contributed by atoms with E-state index in [1.54, 1.807) is 6.20 Å². The van der Waals surface area contributed by atoms with Crippen LogP contribution < -0.4 is 5.32 Å². The Bertz CT molecular complexity index is 683. The molecule has 6 heteroatoms. The monoisotopic (exact) mass is 290 g/mol. The number of ether oxygens (including phenoxy) is 1. The Kier molecular flexibility index (Phi) is 3.89. The Hall–Kier alpha value is -2.11. The van der Waals surface area contributed by atoms with Crippen LogP contribution in [0.4, 0.5) is 4.79 Å². The van der Waals surface area contributed by atoms with Crippen molar-refractivity contribution in [3.05, 3.63) is 23.3 Å². The maximum absolute atomic E-state index is 11.8. The van der Waals surface area contributed by atoms with E-state index in [-0.39, 0.29) is 0 Å². The van der Waals surface area contributed by atoms with Gasteiger partial charge in [0.25, 0.3) is 0 Å². The Morgan fingerprint density at radius 2 is 2.00 bits per heavy atom. The molecule has 0 bridgehead atoms.